The van der Waals surface area contributed by atoms with Crippen LogP contribution in [-0.4, -0.2) is 69.8 Å². The van der Waals surface area contributed by atoms with Gasteiger partial charge in [-0.25, -0.2) is 0 Å². The van der Waals surface area contributed by atoms with Crippen LogP contribution in [0.15, 0.2) is 48.8 Å². The Morgan fingerprint density at radius 2 is 2.04 bits per heavy atom. The minimum Gasteiger partial charge on any atom is -0.364 e. The predicted molar refractivity (Wildman–Crippen MR) is 94.2 cm³/mol. The summed E-state index contributed by atoms with van der Waals surface area (Å²) in [5, 5.41) is 4.08. The summed E-state index contributed by atoms with van der Waals surface area (Å²) in [6, 6.07) is 11.9. The Bertz CT molecular complexity index is 762. The highest BCUT2D eigenvalue weighted by molar-refractivity contribution is 5.80. The van der Waals surface area contributed by atoms with Gasteiger partial charge < -0.3 is 14.5 Å². The van der Waals surface area contributed by atoms with Gasteiger partial charge in [0.1, 0.15) is 13.2 Å². The van der Waals surface area contributed by atoms with Crippen LogP contribution in [0.1, 0.15) is 5.56 Å². The molecule has 0 aliphatic carbocycles. The summed E-state index contributed by atoms with van der Waals surface area (Å²) in [5.41, 5.74) is 1.20. The van der Waals surface area contributed by atoms with Crippen molar-refractivity contribution in [2.24, 2.45) is 0 Å². The number of ether oxygens (including phenoxy) is 1. The lowest BCUT2D eigenvalue weighted by Crippen LogP contribution is -2.54. The first-order valence-electron chi connectivity index (χ1n) is 8.91. The summed E-state index contributed by atoms with van der Waals surface area (Å²) >= 11 is 0. The molecule has 3 heterocycles. The number of likely N-dealkylation sites (tertiary alicyclic amines) is 1. The molecule has 26 heavy (non-hydrogen) atoms. The van der Waals surface area contributed by atoms with Crippen LogP contribution in [0.5, 0.6) is 0 Å². The molecule has 0 N–H and O–H groups in total. The summed E-state index contributed by atoms with van der Waals surface area (Å²) in [5.74, 6) is 0.00529. The van der Waals surface area contributed by atoms with E-state index >= 15 is 0 Å². The van der Waals surface area contributed by atoms with E-state index in [4.69, 9.17) is 4.74 Å². The normalized spacial score (nSPS) is 22.5. The fraction of sp³-hybridized carbons (Fsp3) is 0.421. The maximum absolute atomic E-state index is 12.5. The maximum Gasteiger partial charge on any atom is 0.248 e. The summed E-state index contributed by atoms with van der Waals surface area (Å²) in [6.45, 7) is 2.00. The van der Waals surface area contributed by atoms with Crippen LogP contribution in [0.4, 0.5) is 0 Å². The average Bonchev–Trinajstić information content (AvgIpc) is 3.31. The summed E-state index contributed by atoms with van der Waals surface area (Å²) in [7, 11) is 0. The van der Waals surface area contributed by atoms with Crippen molar-refractivity contribution in [3.63, 3.8) is 0 Å². The third-order valence-corrected chi connectivity index (χ3v) is 5.07. The van der Waals surface area contributed by atoms with Crippen molar-refractivity contribution in [2.45, 2.75) is 25.1 Å². The topological polar surface area (TPSA) is 67.7 Å². The van der Waals surface area contributed by atoms with Crippen LogP contribution < -0.4 is 0 Å². The van der Waals surface area contributed by atoms with E-state index in [9.17, 15) is 9.59 Å². The molecule has 1 aromatic carbocycles. The Morgan fingerprint density at radius 1 is 1.19 bits per heavy atom. The van der Waals surface area contributed by atoms with Crippen LogP contribution in [-0.2, 0) is 27.3 Å². The summed E-state index contributed by atoms with van der Waals surface area (Å²) in [6.07, 6.45) is 4.12. The second-order valence-corrected chi connectivity index (χ2v) is 6.74. The zero-order valence-electron chi connectivity index (χ0n) is 14.5. The van der Waals surface area contributed by atoms with Crippen molar-refractivity contribution in [3.8, 4) is 0 Å². The number of morpholine rings is 1. The van der Waals surface area contributed by atoms with Crippen molar-refractivity contribution in [1.29, 1.82) is 0 Å². The molecule has 2 fully saturated rings. The van der Waals surface area contributed by atoms with Gasteiger partial charge in [0.15, 0.2) is 0 Å². The van der Waals surface area contributed by atoms with Gasteiger partial charge in [-0.1, -0.05) is 30.3 Å². The average molecular weight is 354 g/mol. The van der Waals surface area contributed by atoms with Gasteiger partial charge in [0.2, 0.25) is 11.8 Å². The Morgan fingerprint density at radius 3 is 2.81 bits per heavy atom. The van der Waals surface area contributed by atoms with Gasteiger partial charge in [-0.15, -0.1) is 0 Å². The molecule has 7 nitrogen and oxygen atoms in total. The molecule has 0 unspecified atom stereocenters. The number of benzene rings is 1. The summed E-state index contributed by atoms with van der Waals surface area (Å²) < 4.78 is 7.32. The Hall–Kier alpha value is -2.67. The van der Waals surface area contributed by atoms with E-state index in [2.05, 4.69) is 17.2 Å². The molecular weight excluding hydrogens is 332 g/mol. The van der Waals surface area contributed by atoms with Crippen LogP contribution in [0.3, 0.4) is 0 Å². The second kappa shape index (κ2) is 7.29. The van der Waals surface area contributed by atoms with E-state index in [1.165, 1.54) is 5.56 Å². The number of amides is 2. The molecule has 1 aromatic heterocycles. The van der Waals surface area contributed by atoms with E-state index in [1.54, 1.807) is 28.0 Å². The first-order valence-corrected chi connectivity index (χ1v) is 8.91. The van der Waals surface area contributed by atoms with E-state index < -0.39 is 0 Å². The minimum atomic E-state index is -0.106. The number of hydrogen-bond acceptors (Lipinski definition) is 4. The predicted octanol–water partition coefficient (Wildman–Crippen LogP) is 0.564. The molecule has 2 atom stereocenters. The van der Waals surface area contributed by atoms with Crippen LogP contribution in [0.2, 0.25) is 0 Å². The van der Waals surface area contributed by atoms with E-state index in [-0.39, 0.29) is 37.1 Å². The Labute approximate surface area is 152 Å². The molecule has 2 aromatic rings. The van der Waals surface area contributed by atoms with Gasteiger partial charge in [-0.05, 0) is 18.1 Å². The van der Waals surface area contributed by atoms with E-state index in [1.807, 2.05) is 23.1 Å². The van der Waals surface area contributed by atoms with Gasteiger partial charge in [-0.2, -0.15) is 5.10 Å². The highest BCUT2D eigenvalue weighted by atomic mass is 16.5. The van der Waals surface area contributed by atoms with Gasteiger partial charge >= 0.3 is 0 Å². The molecule has 0 bridgehead atoms. The standard InChI is InChI=1S/C19H22N4O3/c24-18(13-22-9-4-8-20-22)21-11-16-17(12-21)26-14-19(25)23(16)10-7-15-5-2-1-3-6-15/h1-6,8-9,16-17H,7,10-14H2/t16-,17-/m0/s1. The number of carbonyl (C=O) groups is 2. The van der Waals surface area contributed by atoms with Crippen molar-refractivity contribution in [3.05, 3.63) is 54.4 Å². The maximum atomic E-state index is 12.5. The van der Waals surface area contributed by atoms with Gasteiger partial charge in [0.05, 0.1) is 12.1 Å². The number of carbonyl (C=O) groups excluding carboxylic acids is 2. The third-order valence-electron chi connectivity index (χ3n) is 5.07. The monoisotopic (exact) mass is 354 g/mol. The fourth-order valence-electron chi connectivity index (χ4n) is 3.69. The van der Waals surface area contributed by atoms with Crippen LogP contribution >= 0.6 is 0 Å². The van der Waals surface area contributed by atoms with Gasteiger partial charge in [-0.3, -0.25) is 14.3 Å². The van der Waals surface area contributed by atoms with Gasteiger partial charge in [0, 0.05) is 32.0 Å². The molecular formula is C19H22N4O3. The van der Waals surface area contributed by atoms with Gasteiger partial charge in [0.25, 0.3) is 0 Å². The minimum absolute atomic E-state index is 0.00200. The Kier molecular flexibility index (Phi) is 4.71. The van der Waals surface area contributed by atoms with Crippen molar-refractivity contribution in [1.82, 2.24) is 19.6 Å². The molecule has 2 saturated heterocycles. The first kappa shape index (κ1) is 16.8. The zero-order chi connectivity index (χ0) is 17.9. The molecule has 136 valence electrons. The molecule has 7 heteroatoms. The van der Waals surface area contributed by atoms with E-state index in [0.29, 0.717) is 19.6 Å². The first-order chi connectivity index (χ1) is 12.7. The molecule has 4 rings (SSSR count). The van der Waals surface area contributed by atoms with Crippen molar-refractivity contribution >= 4 is 11.8 Å². The molecule has 2 aliphatic rings. The molecule has 2 aliphatic heterocycles. The molecule has 2 amide bonds. The summed E-state index contributed by atoms with van der Waals surface area (Å²) in [4.78, 5) is 28.6. The van der Waals surface area contributed by atoms with Crippen LogP contribution in [0, 0.1) is 0 Å². The largest absolute Gasteiger partial charge is 0.364 e. The zero-order valence-corrected chi connectivity index (χ0v) is 14.5. The second-order valence-electron chi connectivity index (χ2n) is 6.74. The highest BCUT2D eigenvalue weighted by Crippen LogP contribution is 2.24. The quantitative estimate of drug-likeness (QED) is 0.787. The highest BCUT2D eigenvalue weighted by Gasteiger charge is 2.44. The fourth-order valence-corrected chi connectivity index (χ4v) is 3.69. The smallest absolute Gasteiger partial charge is 0.248 e. The number of fused-ring (bicyclic) bond motifs is 1. The Balaban J connectivity index is 1.40. The number of nitrogens with zero attached hydrogens (tertiary/aromatic N) is 4. The number of rotatable bonds is 5. The molecule has 0 saturated carbocycles. The lowest BCUT2D eigenvalue weighted by Gasteiger charge is -2.36. The van der Waals surface area contributed by atoms with Crippen molar-refractivity contribution < 1.29 is 14.3 Å². The number of aromatic nitrogens is 2. The van der Waals surface area contributed by atoms with Crippen molar-refractivity contribution in [2.75, 3.05) is 26.2 Å². The number of hydrogen-bond donors (Lipinski definition) is 0. The van der Waals surface area contributed by atoms with Crippen LogP contribution in [0.25, 0.3) is 0 Å². The lowest BCUT2D eigenvalue weighted by molar-refractivity contribution is -0.152. The van der Waals surface area contributed by atoms with E-state index in [0.717, 1.165) is 6.42 Å². The molecule has 0 spiro atoms. The third kappa shape index (κ3) is 3.48. The SMILES string of the molecule is O=C(Cn1cccn1)N1C[C@@H]2OCC(=O)N(CCc3ccccc3)[C@H]2C1. The lowest BCUT2D eigenvalue weighted by atomic mass is 10.1. The molecule has 0 radical (unpaired) electrons.